The highest BCUT2D eigenvalue weighted by Gasteiger charge is 2.23. The molecule has 4 nitrogen and oxygen atoms in total. The van der Waals surface area contributed by atoms with Crippen molar-refractivity contribution in [2.24, 2.45) is 11.3 Å². The number of aryl methyl sites for hydroxylation is 1. The fourth-order valence-electron chi connectivity index (χ4n) is 3.35. The Morgan fingerprint density at radius 1 is 1.11 bits per heavy atom. The van der Waals surface area contributed by atoms with Gasteiger partial charge in [-0.15, -0.1) is 0 Å². The van der Waals surface area contributed by atoms with E-state index in [1.54, 1.807) is 0 Å². The molecule has 1 atom stereocenters. The number of nitrogens with one attached hydrogen (secondary N) is 1. The molecule has 0 saturated carbocycles. The summed E-state index contributed by atoms with van der Waals surface area (Å²) in [7, 11) is 0. The number of nitrogens with zero attached hydrogens (tertiary/aromatic N) is 2. The molecule has 1 amide bonds. The fourth-order valence-corrected chi connectivity index (χ4v) is 3.35. The van der Waals surface area contributed by atoms with Crippen molar-refractivity contribution in [3.63, 3.8) is 0 Å². The Hall–Kier alpha value is -2.10. The van der Waals surface area contributed by atoms with E-state index in [2.05, 4.69) is 72.8 Å². The summed E-state index contributed by atoms with van der Waals surface area (Å²) in [6.07, 6.45) is 1.53. The highest BCUT2D eigenvalue weighted by molar-refractivity contribution is 5.90. The third kappa shape index (κ3) is 6.23. The Morgan fingerprint density at radius 2 is 1.70 bits per heavy atom. The minimum absolute atomic E-state index is 0.0421. The smallest absolute Gasteiger partial charge is 0.225 e. The van der Waals surface area contributed by atoms with Gasteiger partial charge in [0.2, 0.25) is 5.91 Å². The second-order valence-corrected chi connectivity index (χ2v) is 10.0. The molecule has 0 aliphatic heterocycles. The summed E-state index contributed by atoms with van der Waals surface area (Å²) in [4.78, 5) is 12.7. The summed E-state index contributed by atoms with van der Waals surface area (Å²) in [5.74, 6) is 1.11. The maximum absolute atomic E-state index is 12.7. The van der Waals surface area contributed by atoms with Crippen molar-refractivity contribution in [3.05, 3.63) is 41.6 Å². The first-order valence-corrected chi connectivity index (χ1v) is 9.82. The van der Waals surface area contributed by atoms with E-state index in [4.69, 9.17) is 5.10 Å². The van der Waals surface area contributed by atoms with Gasteiger partial charge in [0.15, 0.2) is 0 Å². The van der Waals surface area contributed by atoms with E-state index in [0.717, 1.165) is 23.6 Å². The van der Waals surface area contributed by atoms with Crippen molar-refractivity contribution in [1.29, 1.82) is 0 Å². The first-order valence-electron chi connectivity index (χ1n) is 9.82. The number of anilines is 1. The van der Waals surface area contributed by atoms with Crippen LogP contribution in [0.25, 0.3) is 5.69 Å². The highest BCUT2D eigenvalue weighted by atomic mass is 16.1. The molecule has 1 aromatic carbocycles. The summed E-state index contributed by atoms with van der Waals surface area (Å²) < 4.78 is 1.84. The maximum Gasteiger partial charge on any atom is 0.225 e. The molecule has 1 aromatic heterocycles. The topological polar surface area (TPSA) is 46.9 Å². The quantitative estimate of drug-likeness (QED) is 0.715. The second kappa shape index (κ2) is 7.87. The first-order chi connectivity index (χ1) is 12.3. The van der Waals surface area contributed by atoms with Crippen molar-refractivity contribution < 1.29 is 4.79 Å². The van der Waals surface area contributed by atoms with Crippen LogP contribution in [-0.2, 0) is 10.2 Å². The van der Waals surface area contributed by atoms with Gasteiger partial charge < -0.3 is 5.32 Å². The Balaban J connectivity index is 2.25. The molecular formula is C23H35N3O. The molecule has 0 aliphatic carbocycles. The summed E-state index contributed by atoms with van der Waals surface area (Å²) >= 11 is 0. The number of carbonyl (C=O) groups excluding carboxylic acids is 1. The van der Waals surface area contributed by atoms with E-state index in [-0.39, 0.29) is 16.7 Å². The zero-order valence-electron chi connectivity index (χ0n) is 18.2. The van der Waals surface area contributed by atoms with Crippen molar-refractivity contribution in [2.75, 3.05) is 5.32 Å². The van der Waals surface area contributed by atoms with Crippen LogP contribution in [0.1, 0.15) is 72.6 Å². The molecule has 2 aromatic rings. The van der Waals surface area contributed by atoms with Crippen LogP contribution in [0.3, 0.4) is 0 Å². The third-order valence-corrected chi connectivity index (χ3v) is 4.52. The van der Waals surface area contributed by atoms with Crippen LogP contribution in [-0.4, -0.2) is 15.7 Å². The molecule has 0 saturated heterocycles. The predicted molar refractivity (Wildman–Crippen MR) is 113 cm³/mol. The van der Waals surface area contributed by atoms with Crippen LogP contribution < -0.4 is 5.32 Å². The van der Waals surface area contributed by atoms with E-state index < -0.39 is 0 Å². The van der Waals surface area contributed by atoms with Crippen LogP contribution in [0.2, 0.25) is 0 Å². The number of benzene rings is 1. The average Bonchev–Trinajstić information content (AvgIpc) is 2.89. The third-order valence-electron chi connectivity index (χ3n) is 4.52. The van der Waals surface area contributed by atoms with Crippen molar-refractivity contribution in [3.8, 4) is 5.69 Å². The molecular weight excluding hydrogens is 334 g/mol. The molecule has 1 N–H and O–H groups in total. The molecule has 0 radical (unpaired) electrons. The van der Waals surface area contributed by atoms with Crippen LogP contribution >= 0.6 is 0 Å². The molecule has 0 aliphatic rings. The molecule has 0 unspecified atom stereocenters. The molecule has 27 heavy (non-hydrogen) atoms. The minimum Gasteiger partial charge on any atom is -0.311 e. The second-order valence-electron chi connectivity index (χ2n) is 10.0. The Kier molecular flexibility index (Phi) is 6.18. The monoisotopic (exact) mass is 369 g/mol. The van der Waals surface area contributed by atoms with Gasteiger partial charge in [-0.05, 0) is 36.8 Å². The molecule has 1 heterocycles. The van der Waals surface area contributed by atoms with Crippen molar-refractivity contribution >= 4 is 11.7 Å². The van der Waals surface area contributed by atoms with Crippen molar-refractivity contribution in [2.45, 2.75) is 73.6 Å². The van der Waals surface area contributed by atoms with Gasteiger partial charge in [0, 0.05) is 17.9 Å². The fraction of sp³-hybridized carbons (Fsp3) is 0.565. The highest BCUT2D eigenvalue weighted by Crippen LogP contribution is 2.28. The van der Waals surface area contributed by atoms with Crippen LogP contribution in [0.15, 0.2) is 30.3 Å². The van der Waals surface area contributed by atoms with Gasteiger partial charge in [0.1, 0.15) is 5.82 Å². The average molecular weight is 370 g/mol. The molecule has 148 valence electrons. The molecule has 0 bridgehead atoms. The lowest BCUT2D eigenvalue weighted by atomic mass is 9.84. The lowest BCUT2D eigenvalue weighted by Crippen LogP contribution is -2.20. The zero-order chi connectivity index (χ0) is 20.4. The molecule has 0 spiro atoms. The van der Waals surface area contributed by atoms with Gasteiger partial charge >= 0.3 is 0 Å². The van der Waals surface area contributed by atoms with Crippen LogP contribution in [0, 0.1) is 18.3 Å². The number of carbonyl (C=O) groups is 1. The normalized spacial score (nSPS) is 13.5. The Bertz CT molecular complexity index is 773. The van der Waals surface area contributed by atoms with Gasteiger partial charge in [-0.1, -0.05) is 66.2 Å². The van der Waals surface area contributed by atoms with Gasteiger partial charge in [-0.3, -0.25) is 4.79 Å². The Labute approximate surface area is 164 Å². The van der Waals surface area contributed by atoms with E-state index in [0.29, 0.717) is 12.3 Å². The lowest BCUT2D eigenvalue weighted by Gasteiger charge is -2.22. The number of rotatable bonds is 5. The van der Waals surface area contributed by atoms with E-state index >= 15 is 0 Å². The number of amides is 1. The van der Waals surface area contributed by atoms with E-state index in [9.17, 15) is 4.79 Å². The van der Waals surface area contributed by atoms with Crippen LogP contribution in [0.5, 0.6) is 0 Å². The minimum atomic E-state index is -0.0883. The number of hydrogen-bond acceptors (Lipinski definition) is 2. The predicted octanol–water partition coefficient (Wildman–Crippen LogP) is 5.88. The lowest BCUT2D eigenvalue weighted by molar-refractivity contribution is -0.117. The SMILES string of the molecule is Cc1ccc(-n2nc(C(C)(C)C)cc2NC(=O)C[C@H](C)CC(C)(C)C)cc1. The number of aromatic nitrogens is 2. The molecule has 0 fully saturated rings. The van der Waals surface area contributed by atoms with Gasteiger partial charge in [-0.25, -0.2) is 4.68 Å². The molecule has 4 heteroatoms. The summed E-state index contributed by atoms with van der Waals surface area (Å²) in [5.41, 5.74) is 3.25. The Morgan fingerprint density at radius 3 is 2.22 bits per heavy atom. The van der Waals surface area contributed by atoms with Crippen molar-refractivity contribution in [1.82, 2.24) is 9.78 Å². The molecule has 2 rings (SSSR count). The largest absolute Gasteiger partial charge is 0.311 e. The van der Waals surface area contributed by atoms with Gasteiger partial charge in [0.05, 0.1) is 11.4 Å². The zero-order valence-corrected chi connectivity index (χ0v) is 18.2. The summed E-state index contributed by atoms with van der Waals surface area (Å²) in [6.45, 7) is 17.2. The van der Waals surface area contributed by atoms with Crippen LogP contribution in [0.4, 0.5) is 5.82 Å². The van der Waals surface area contributed by atoms with Gasteiger partial charge in [0.25, 0.3) is 0 Å². The number of hydrogen-bond donors (Lipinski definition) is 1. The summed E-state index contributed by atoms with van der Waals surface area (Å²) in [5, 5.41) is 7.87. The maximum atomic E-state index is 12.7. The summed E-state index contributed by atoms with van der Waals surface area (Å²) in [6, 6.07) is 10.2. The van der Waals surface area contributed by atoms with E-state index in [1.165, 1.54) is 5.56 Å². The standard InChI is InChI=1S/C23H35N3O/c1-16-9-11-18(12-10-16)26-20(14-19(25-26)23(6,7)8)24-21(27)13-17(2)15-22(3,4)5/h9-12,14,17H,13,15H2,1-8H3,(H,24,27)/t17-/m0/s1. The van der Waals surface area contributed by atoms with Gasteiger partial charge in [-0.2, -0.15) is 5.10 Å². The van der Waals surface area contributed by atoms with E-state index in [1.807, 2.05) is 22.9 Å². The first kappa shape index (κ1) is 21.2.